The van der Waals surface area contributed by atoms with Crippen LogP contribution in [0.25, 0.3) is 0 Å². The van der Waals surface area contributed by atoms with Crippen molar-refractivity contribution in [3.8, 4) is 0 Å². The van der Waals surface area contributed by atoms with E-state index in [1.54, 1.807) is 0 Å². The van der Waals surface area contributed by atoms with Gasteiger partial charge in [0, 0.05) is 0 Å². The molecule has 0 fully saturated rings. The van der Waals surface area contributed by atoms with Crippen molar-refractivity contribution in [2.75, 3.05) is 0 Å². The fourth-order valence-corrected chi connectivity index (χ4v) is 0.612. The molecule has 0 aliphatic rings. The quantitative estimate of drug-likeness (QED) is 0.126. The average Bonchev–Trinajstić information content (AvgIpc) is 1.79. The predicted molar refractivity (Wildman–Crippen MR) is 33.1 cm³/mol. The predicted octanol–water partition coefficient (Wildman–Crippen LogP) is -11.8. The van der Waals surface area contributed by atoms with Gasteiger partial charge in [-0.1, -0.05) is 0 Å². The first-order valence-electron chi connectivity index (χ1n) is 2.02. The molecule has 0 saturated carbocycles. The van der Waals surface area contributed by atoms with Crippen molar-refractivity contribution >= 4 is 32.2 Å². The molecule has 0 aromatic rings. The first-order valence-corrected chi connectivity index (χ1v) is 5.71. The minimum absolute atomic E-state index is 0. The molecule has 1 atom stereocenters. The minimum Gasteiger partial charge on any atom is -0.750 e. The van der Waals surface area contributed by atoms with Crippen molar-refractivity contribution in [3.05, 3.63) is 0 Å². The van der Waals surface area contributed by atoms with E-state index in [1.807, 2.05) is 0 Å². The van der Waals surface area contributed by atoms with Crippen LogP contribution in [0.15, 0.2) is 0 Å². The zero-order valence-electron chi connectivity index (χ0n) is 8.75. The molecule has 0 aromatic heterocycles. The first kappa shape index (κ1) is 32.4. The summed E-state index contributed by atoms with van der Waals surface area (Å²) in [5, 5.41) is 0. The summed E-state index contributed by atoms with van der Waals surface area (Å²) in [7, 11) is -10.6. The van der Waals surface area contributed by atoms with E-state index in [-0.39, 0.29) is 110 Å². The fraction of sp³-hybridized carbons (Fsp3) is 0. The average molecular weight is 358 g/mol. The third-order valence-corrected chi connectivity index (χ3v) is 0.750. The second-order valence-corrected chi connectivity index (χ2v) is 3.51. The SMILES string of the molecule is O=S(=O)([O-])OOS(=O)(=O)[O-].O=S([O-])O.[K+].[Na+].[Na+]. The summed E-state index contributed by atoms with van der Waals surface area (Å²) in [6.45, 7) is 0. The van der Waals surface area contributed by atoms with Gasteiger partial charge in [-0.3, -0.25) is 0 Å². The molecule has 0 spiro atoms. The molecule has 0 saturated heterocycles. The maximum atomic E-state index is 9.37. The Hall–Kier alpha value is 3.45. The van der Waals surface area contributed by atoms with E-state index in [9.17, 15) is 25.9 Å². The smallest absolute Gasteiger partial charge is 0.750 e. The molecule has 0 aliphatic heterocycles. The van der Waals surface area contributed by atoms with Crippen molar-refractivity contribution < 1.29 is 158 Å². The van der Waals surface area contributed by atoms with Gasteiger partial charge in [-0.2, -0.15) is 0 Å². The maximum absolute atomic E-state index is 9.37. The van der Waals surface area contributed by atoms with Crippen LogP contribution in [0.5, 0.6) is 0 Å². The Labute approximate surface area is 186 Å². The zero-order valence-corrected chi connectivity index (χ0v) is 18.3. The van der Waals surface area contributed by atoms with E-state index >= 15 is 0 Å². The zero-order chi connectivity index (χ0) is 12.0. The van der Waals surface area contributed by atoms with Gasteiger partial charge in [0.2, 0.25) is 20.8 Å². The Bertz CT molecular complexity index is 332. The molecule has 0 aliphatic carbocycles. The third-order valence-electron chi connectivity index (χ3n) is 0.194. The maximum Gasteiger partial charge on any atom is 1.00 e. The van der Waals surface area contributed by atoms with Crippen LogP contribution < -0.4 is 110 Å². The van der Waals surface area contributed by atoms with Gasteiger partial charge >= 0.3 is 110 Å². The number of hydrogen-bond donors (Lipinski definition) is 1. The molecule has 17 heavy (non-hydrogen) atoms. The summed E-state index contributed by atoms with van der Waals surface area (Å²) < 4.78 is 85.5. The van der Waals surface area contributed by atoms with Crippen LogP contribution in [-0.2, 0) is 40.8 Å². The summed E-state index contributed by atoms with van der Waals surface area (Å²) in [5.41, 5.74) is 0. The van der Waals surface area contributed by atoms with Crippen LogP contribution in [0, 0.1) is 0 Å². The second-order valence-electron chi connectivity index (χ2n) is 1.17. The van der Waals surface area contributed by atoms with E-state index < -0.39 is 32.2 Å². The molecule has 88 valence electrons. The second kappa shape index (κ2) is 15.8. The van der Waals surface area contributed by atoms with E-state index in [1.165, 1.54) is 0 Å². The van der Waals surface area contributed by atoms with Crippen molar-refractivity contribution in [3.63, 3.8) is 0 Å². The van der Waals surface area contributed by atoms with Crippen molar-refractivity contribution in [1.29, 1.82) is 0 Å². The van der Waals surface area contributed by atoms with Gasteiger partial charge in [-0.15, -0.1) is 8.67 Å². The van der Waals surface area contributed by atoms with Gasteiger partial charge in [0.1, 0.15) is 0 Å². The van der Waals surface area contributed by atoms with Gasteiger partial charge in [-0.25, -0.2) is 21.0 Å². The Kier molecular flexibility index (Phi) is 30.2. The van der Waals surface area contributed by atoms with Crippen LogP contribution in [0.2, 0.25) is 0 Å². The molecule has 0 heterocycles. The summed E-state index contributed by atoms with van der Waals surface area (Å²) in [6, 6.07) is 0. The van der Waals surface area contributed by atoms with E-state index in [4.69, 9.17) is 13.3 Å². The largest absolute Gasteiger partial charge is 1.00 e. The number of hydrogen-bond acceptors (Lipinski definition) is 10. The van der Waals surface area contributed by atoms with Gasteiger partial charge in [0.15, 0.2) is 0 Å². The Morgan fingerprint density at radius 1 is 0.941 bits per heavy atom. The van der Waals surface area contributed by atoms with Crippen molar-refractivity contribution in [2.45, 2.75) is 0 Å². The molecule has 0 aromatic carbocycles. The van der Waals surface area contributed by atoms with E-state index in [2.05, 4.69) is 8.67 Å². The molecule has 0 rings (SSSR count). The van der Waals surface area contributed by atoms with Crippen LogP contribution in [-0.4, -0.2) is 39.3 Å². The number of rotatable bonds is 3. The van der Waals surface area contributed by atoms with E-state index in [0.717, 1.165) is 0 Å². The fourth-order valence-electron chi connectivity index (χ4n) is 0.0680. The summed E-state index contributed by atoms with van der Waals surface area (Å²) in [5.74, 6) is 0. The van der Waals surface area contributed by atoms with Gasteiger partial charge in [0.05, 0.1) is 11.4 Å². The van der Waals surface area contributed by atoms with Crippen LogP contribution in [0.1, 0.15) is 0 Å². The van der Waals surface area contributed by atoms with Crippen molar-refractivity contribution in [2.24, 2.45) is 0 Å². The molecular formula is HKNa2O11S3. The molecule has 17 heteroatoms. The monoisotopic (exact) mass is 358 g/mol. The molecule has 1 unspecified atom stereocenters. The Morgan fingerprint density at radius 2 is 1.06 bits per heavy atom. The molecular weight excluding hydrogens is 357 g/mol. The summed E-state index contributed by atoms with van der Waals surface area (Å²) >= 11 is -2.86. The normalized spacial score (nSPS) is 11.5. The molecule has 0 amide bonds. The summed E-state index contributed by atoms with van der Waals surface area (Å²) in [4.78, 5) is 0. The third kappa shape index (κ3) is 54.2. The van der Waals surface area contributed by atoms with Gasteiger partial charge in [0.25, 0.3) is 0 Å². The minimum atomic E-state index is -5.31. The molecule has 0 radical (unpaired) electrons. The van der Waals surface area contributed by atoms with Gasteiger partial charge in [-0.05, 0) is 0 Å². The molecule has 0 bridgehead atoms. The van der Waals surface area contributed by atoms with Crippen molar-refractivity contribution in [1.82, 2.24) is 0 Å². The Morgan fingerprint density at radius 3 is 1.12 bits per heavy atom. The molecule has 11 nitrogen and oxygen atoms in total. The van der Waals surface area contributed by atoms with Gasteiger partial charge < -0.3 is 18.2 Å². The standard InChI is InChI=1S/K.2Na.H2O8S2.H2O3S/c;;;1-9(2,3)7-8-10(4,5)6;1-4(2)3/h;;;(H,1,2,3)(H,4,5,6);(H2,1,2,3)/q3*+1;;/p-3. The Balaban J connectivity index is -0.0000000607. The first-order chi connectivity index (χ1) is 5.94. The molecule has 1 N–H and O–H groups in total. The van der Waals surface area contributed by atoms with Crippen LogP contribution in [0.4, 0.5) is 0 Å². The van der Waals surface area contributed by atoms with Crippen LogP contribution in [0.3, 0.4) is 0 Å². The summed E-state index contributed by atoms with van der Waals surface area (Å²) in [6.07, 6.45) is 0. The van der Waals surface area contributed by atoms with E-state index in [0.29, 0.717) is 0 Å². The topological polar surface area (TPSA) is 193 Å². The van der Waals surface area contributed by atoms with Crippen LogP contribution >= 0.6 is 0 Å².